The molecular formula is C12H14ClNO3. The van der Waals surface area contributed by atoms with Crippen molar-refractivity contribution < 1.29 is 14.7 Å². The number of hydrogen-bond acceptors (Lipinski definition) is 2. The maximum Gasteiger partial charge on any atom is 0.308 e. The standard InChI is InChI=1S/C12H14ClNO3/c1-2-8(12(16)17)7-14-11(15)9-3-5-10(13)6-4-9/h3-6,8H,2,7H2,1H3,(H,14,15)(H,16,17). The fourth-order valence-corrected chi connectivity index (χ4v) is 1.45. The van der Waals surface area contributed by atoms with Gasteiger partial charge in [0.2, 0.25) is 0 Å². The van der Waals surface area contributed by atoms with Crippen molar-refractivity contribution in [1.29, 1.82) is 0 Å². The monoisotopic (exact) mass is 255 g/mol. The third-order valence-electron chi connectivity index (χ3n) is 2.46. The van der Waals surface area contributed by atoms with E-state index in [4.69, 9.17) is 16.7 Å². The molecular weight excluding hydrogens is 242 g/mol. The quantitative estimate of drug-likeness (QED) is 0.848. The van der Waals surface area contributed by atoms with Gasteiger partial charge in [-0.2, -0.15) is 0 Å². The third kappa shape index (κ3) is 4.07. The van der Waals surface area contributed by atoms with Gasteiger partial charge in [0.1, 0.15) is 0 Å². The summed E-state index contributed by atoms with van der Waals surface area (Å²) in [5, 5.41) is 12.0. The van der Waals surface area contributed by atoms with E-state index in [0.29, 0.717) is 17.0 Å². The number of aliphatic carboxylic acids is 1. The summed E-state index contributed by atoms with van der Waals surface area (Å²) >= 11 is 5.70. The highest BCUT2D eigenvalue weighted by Crippen LogP contribution is 2.09. The molecule has 17 heavy (non-hydrogen) atoms. The molecule has 1 aromatic carbocycles. The minimum Gasteiger partial charge on any atom is -0.481 e. The number of hydrogen-bond donors (Lipinski definition) is 2. The van der Waals surface area contributed by atoms with Crippen molar-refractivity contribution in [2.45, 2.75) is 13.3 Å². The summed E-state index contributed by atoms with van der Waals surface area (Å²) in [6.45, 7) is 1.90. The molecule has 0 saturated heterocycles. The molecule has 0 spiro atoms. The smallest absolute Gasteiger partial charge is 0.308 e. The van der Waals surface area contributed by atoms with Crippen LogP contribution in [0, 0.1) is 5.92 Å². The van der Waals surface area contributed by atoms with Crippen LogP contribution in [-0.2, 0) is 4.79 Å². The van der Waals surface area contributed by atoms with Crippen molar-refractivity contribution in [3.63, 3.8) is 0 Å². The lowest BCUT2D eigenvalue weighted by molar-refractivity contribution is -0.141. The highest BCUT2D eigenvalue weighted by atomic mass is 35.5. The van der Waals surface area contributed by atoms with Gasteiger partial charge in [-0.15, -0.1) is 0 Å². The molecule has 0 aliphatic heterocycles. The molecule has 1 rings (SSSR count). The van der Waals surface area contributed by atoms with Crippen molar-refractivity contribution in [3.05, 3.63) is 34.9 Å². The molecule has 0 heterocycles. The number of rotatable bonds is 5. The second-order valence-electron chi connectivity index (χ2n) is 3.66. The summed E-state index contributed by atoms with van der Waals surface area (Å²) in [5.74, 6) is -1.74. The number of carboxylic acids is 1. The van der Waals surface area contributed by atoms with E-state index in [1.807, 2.05) is 0 Å². The van der Waals surface area contributed by atoms with Gasteiger partial charge >= 0.3 is 5.97 Å². The van der Waals surface area contributed by atoms with E-state index < -0.39 is 11.9 Å². The molecule has 0 aliphatic rings. The van der Waals surface area contributed by atoms with Gasteiger partial charge < -0.3 is 10.4 Å². The lowest BCUT2D eigenvalue weighted by Crippen LogP contribution is -2.32. The Balaban J connectivity index is 2.55. The van der Waals surface area contributed by atoms with E-state index in [-0.39, 0.29) is 12.5 Å². The number of halogens is 1. The molecule has 1 aromatic rings. The fourth-order valence-electron chi connectivity index (χ4n) is 1.33. The van der Waals surface area contributed by atoms with Crippen molar-refractivity contribution in [3.8, 4) is 0 Å². The summed E-state index contributed by atoms with van der Waals surface area (Å²) in [6.07, 6.45) is 0.482. The normalized spacial score (nSPS) is 11.9. The Morgan fingerprint density at radius 3 is 2.41 bits per heavy atom. The minimum absolute atomic E-state index is 0.132. The minimum atomic E-state index is -0.899. The molecule has 1 atom stereocenters. The van der Waals surface area contributed by atoms with Gasteiger partial charge in [-0.3, -0.25) is 9.59 Å². The van der Waals surface area contributed by atoms with Crippen LogP contribution in [-0.4, -0.2) is 23.5 Å². The molecule has 5 heteroatoms. The fraction of sp³-hybridized carbons (Fsp3) is 0.333. The van der Waals surface area contributed by atoms with Crippen LogP contribution in [0.5, 0.6) is 0 Å². The van der Waals surface area contributed by atoms with E-state index in [1.165, 1.54) is 0 Å². The highest BCUT2D eigenvalue weighted by Gasteiger charge is 2.16. The van der Waals surface area contributed by atoms with Gasteiger partial charge in [-0.1, -0.05) is 18.5 Å². The number of amides is 1. The first-order valence-corrected chi connectivity index (χ1v) is 5.69. The Kier molecular flexibility index (Phi) is 4.97. The van der Waals surface area contributed by atoms with Crippen molar-refractivity contribution in [2.75, 3.05) is 6.54 Å². The Morgan fingerprint density at radius 1 is 1.35 bits per heavy atom. The van der Waals surface area contributed by atoms with Crippen LogP contribution in [0.3, 0.4) is 0 Å². The third-order valence-corrected chi connectivity index (χ3v) is 2.71. The van der Waals surface area contributed by atoms with Crippen LogP contribution in [0.2, 0.25) is 5.02 Å². The lowest BCUT2D eigenvalue weighted by atomic mass is 10.1. The summed E-state index contributed by atoms with van der Waals surface area (Å²) in [6, 6.07) is 6.43. The summed E-state index contributed by atoms with van der Waals surface area (Å²) < 4.78 is 0. The molecule has 0 fully saturated rings. The number of nitrogens with one attached hydrogen (secondary N) is 1. The molecule has 0 aromatic heterocycles. The van der Waals surface area contributed by atoms with Crippen molar-refractivity contribution >= 4 is 23.5 Å². The number of carbonyl (C=O) groups is 2. The SMILES string of the molecule is CCC(CNC(=O)c1ccc(Cl)cc1)C(=O)O. The van der Waals surface area contributed by atoms with Crippen molar-refractivity contribution in [2.24, 2.45) is 5.92 Å². The molecule has 92 valence electrons. The van der Waals surface area contributed by atoms with Gasteiger partial charge in [-0.05, 0) is 30.7 Å². The highest BCUT2D eigenvalue weighted by molar-refractivity contribution is 6.30. The Hall–Kier alpha value is -1.55. The first-order chi connectivity index (χ1) is 8.04. The summed E-state index contributed by atoms with van der Waals surface area (Å²) in [7, 11) is 0. The maximum atomic E-state index is 11.7. The van der Waals surface area contributed by atoms with Crippen LogP contribution in [0.15, 0.2) is 24.3 Å². The molecule has 1 unspecified atom stereocenters. The summed E-state index contributed by atoms with van der Waals surface area (Å²) in [5.41, 5.74) is 0.467. The molecule has 0 aliphatic carbocycles. The predicted molar refractivity (Wildman–Crippen MR) is 65.2 cm³/mol. The zero-order valence-electron chi connectivity index (χ0n) is 9.44. The molecule has 2 N–H and O–H groups in total. The Morgan fingerprint density at radius 2 is 1.94 bits per heavy atom. The van der Waals surface area contributed by atoms with Crippen LogP contribution < -0.4 is 5.32 Å². The zero-order chi connectivity index (χ0) is 12.8. The number of benzene rings is 1. The average Bonchev–Trinajstić information content (AvgIpc) is 2.30. The van der Waals surface area contributed by atoms with E-state index in [0.717, 1.165) is 0 Å². The molecule has 0 saturated carbocycles. The largest absolute Gasteiger partial charge is 0.481 e. The average molecular weight is 256 g/mol. The van der Waals surface area contributed by atoms with Gasteiger partial charge in [0.05, 0.1) is 5.92 Å². The summed E-state index contributed by atoms with van der Waals surface area (Å²) in [4.78, 5) is 22.4. The first-order valence-electron chi connectivity index (χ1n) is 5.31. The molecule has 0 bridgehead atoms. The Bertz CT molecular complexity index is 403. The second kappa shape index (κ2) is 6.25. The van der Waals surface area contributed by atoms with Gasteiger partial charge in [-0.25, -0.2) is 0 Å². The topological polar surface area (TPSA) is 66.4 Å². The number of carbonyl (C=O) groups excluding carboxylic acids is 1. The van der Waals surface area contributed by atoms with E-state index in [9.17, 15) is 9.59 Å². The zero-order valence-corrected chi connectivity index (χ0v) is 10.2. The Labute approximate surface area is 105 Å². The number of carboxylic acid groups (broad SMARTS) is 1. The van der Waals surface area contributed by atoms with Crippen LogP contribution >= 0.6 is 11.6 Å². The predicted octanol–water partition coefficient (Wildman–Crippen LogP) is 2.18. The first kappa shape index (κ1) is 13.5. The molecule has 1 amide bonds. The van der Waals surface area contributed by atoms with Crippen LogP contribution in [0.25, 0.3) is 0 Å². The maximum absolute atomic E-state index is 11.7. The van der Waals surface area contributed by atoms with E-state index >= 15 is 0 Å². The van der Waals surface area contributed by atoms with Gasteiger partial charge in [0.25, 0.3) is 5.91 Å². The van der Waals surface area contributed by atoms with Crippen LogP contribution in [0.4, 0.5) is 0 Å². The lowest BCUT2D eigenvalue weighted by Gasteiger charge is -2.10. The second-order valence-corrected chi connectivity index (χ2v) is 4.10. The van der Waals surface area contributed by atoms with Gasteiger partial charge in [0, 0.05) is 17.1 Å². The molecule has 4 nitrogen and oxygen atoms in total. The van der Waals surface area contributed by atoms with Crippen LogP contribution in [0.1, 0.15) is 23.7 Å². The molecule has 0 radical (unpaired) electrons. The van der Waals surface area contributed by atoms with Gasteiger partial charge in [0.15, 0.2) is 0 Å². The van der Waals surface area contributed by atoms with E-state index in [1.54, 1.807) is 31.2 Å². The van der Waals surface area contributed by atoms with Crippen molar-refractivity contribution in [1.82, 2.24) is 5.32 Å². The van der Waals surface area contributed by atoms with E-state index in [2.05, 4.69) is 5.32 Å².